The van der Waals surface area contributed by atoms with Gasteiger partial charge < -0.3 is 20.8 Å². The van der Waals surface area contributed by atoms with E-state index in [-0.39, 0.29) is 31.0 Å². The molecule has 0 bridgehead atoms. The second kappa shape index (κ2) is 43.1. The van der Waals surface area contributed by atoms with Crippen LogP contribution in [0, 0.1) is 0 Å². The van der Waals surface area contributed by atoms with Crippen molar-refractivity contribution in [3.63, 3.8) is 0 Å². The minimum absolute atomic E-state index is 0. The third-order valence-corrected chi connectivity index (χ3v) is 8.28. The van der Waals surface area contributed by atoms with E-state index in [2.05, 4.69) is 13.8 Å². The molecule has 0 unspecified atom stereocenters. The Balaban J connectivity index is -0.00000105. The molecule has 0 saturated heterocycles. The standard InChI is InChI=1S/C36H74O.Na.H3O4P.H/c1-3-5-7-9-11-13-15-17-19-21-23-25-27-29-31-33-35-37-36-34-32-30-28-26-24-22-20-18-16-14-12-10-8-6-4-2;;1-5(2,3)4;/h3-36H2,1-2H3;;(H3,1,2,3,4);/q;+1;;-1. The summed E-state index contributed by atoms with van der Waals surface area (Å²) in [7, 11) is -4.64. The Morgan fingerprint density at radius 2 is 0.512 bits per heavy atom. The minimum Gasteiger partial charge on any atom is -1.00 e. The fraction of sp³-hybridized carbons (Fsp3) is 1.00. The molecule has 0 aromatic rings. The predicted octanol–water partition coefficient (Wildman–Crippen LogP) is 9.71. The molecule has 0 atom stereocenters. The van der Waals surface area contributed by atoms with Gasteiger partial charge in [-0.3, -0.25) is 0 Å². The molecule has 3 N–H and O–H groups in total. The van der Waals surface area contributed by atoms with Crippen LogP contribution in [0.3, 0.4) is 0 Å². The van der Waals surface area contributed by atoms with E-state index >= 15 is 0 Å². The van der Waals surface area contributed by atoms with Crippen molar-refractivity contribution < 1.29 is 55.0 Å². The smallest absolute Gasteiger partial charge is 1.00 e. The molecule has 0 aliphatic heterocycles. The number of unbranched alkanes of at least 4 members (excludes halogenated alkanes) is 30. The number of ether oxygens (including phenoxy) is 1. The number of hydrogen-bond acceptors (Lipinski definition) is 2. The molecule has 0 aromatic heterocycles. The summed E-state index contributed by atoms with van der Waals surface area (Å²) in [5, 5.41) is 0. The van der Waals surface area contributed by atoms with Gasteiger partial charge in [-0.15, -0.1) is 0 Å². The topological polar surface area (TPSA) is 87.0 Å². The molecular formula is C36H78NaO5P. The van der Waals surface area contributed by atoms with E-state index in [1.54, 1.807) is 0 Å². The van der Waals surface area contributed by atoms with Crippen molar-refractivity contribution in [2.45, 2.75) is 219 Å². The van der Waals surface area contributed by atoms with E-state index in [0.29, 0.717) is 0 Å². The monoisotopic (exact) mass is 645 g/mol. The second-order valence-corrected chi connectivity index (χ2v) is 13.8. The van der Waals surface area contributed by atoms with Gasteiger partial charge in [-0.05, 0) is 12.8 Å². The minimum atomic E-state index is -4.64. The zero-order valence-electron chi connectivity index (χ0n) is 30.6. The van der Waals surface area contributed by atoms with Crippen molar-refractivity contribution in [3.05, 3.63) is 0 Å². The molecule has 258 valence electrons. The van der Waals surface area contributed by atoms with Crippen LogP contribution >= 0.6 is 7.82 Å². The summed E-state index contributed by atoms with van der Waals surface area (Å²) in [5.41, 5.74) is 0. The van der Waals surface area contributed by atoms with Crippen LogP contribution in [-0.2, 0) is 9.30 Å². The Morgan fingerprint density at radius 3 is 0.674 bits per heavy atom. The summed E-state index contributed by atoms with van der Waals surface area (Å²) in [6.45, 7) is 6.60. The van der Waals surface area contributed by atoms with Gasteiger partial charge in [-0.2, -0.15) is 0 Å². The van der Waals surface area contributed by atoms with E-state index in [1.165, 1.54) is 205 Å². The van der Waals surface area contributed by atoms with Crippen molar-refractivity contribution in [2.75, 3.05) is 13.2 Å². The van der Waals surface area contributed by atoms with Gasteiger partial charge in [0.25, 0.3) is 0 Å². The second-order valence-electron chi connectivity index (χ2n) is 12.7. The maximum Gasteiger partial charge on any atom is 1.00 e. The average molecular weight is 645 g/mol. The van der Waals surface area contributed by atoms with Crippen molar-refractivity contribution in [2.24, 2.45) is 0 Å². The van der Waals surface area contributed by atoms with E-state index in [9.17, 15) is 0 Å². The molecule has 0 heterocycles. The van der Waals surface area contributed by atoms with E-state index in [0.717, 1.165) is 13.2 Å². The van der Waals surface area contributed by atoms with Gasteiger partial charge in [0.2, 0.25) is 0 Å². The molecule has 0 aliphatic rings. The van der Waals surface area contributed by atoms with Gasteiger partial charge in [0.15, 0.2) is 0 Å². The van der Waals surface area contributed by atoms with Crippen LogP contribution in [0.1, 0.15) is 221 Å². The Hall–Kier alpha value is 1.07. The van der Waals surface area contributed by atoms with Gasteiger partial charge >= 0.3 is 37.4 Å². The summed E-state index contributed by atoms with van der Waals surface area (Å²) < 4.78 is 14.8. The van der Waals surface area contributed by atoms with E-state index in [1.807, 2.05) is 0 Å². The molecule has 5 nitrogen and oxygen atoms in total. The summed E-state index contributed by atoms with van der Waals surface area (Å²) in [4.78, 5) is 21.6. The van der Waals surface area contributed by atoms with Crippen molar-refractivity contribution in [3.8, 4) is 0 Å². The van der Waals surface area contributed by atoms with Crippen LogP contribution in [0.5, 0.6) is 0 Å². The summed E-state index contributed by atoms with van der Waals surface area (Å²) in [6.07, 6.45) is 46.0. The number of phosphoric acid groups is 1. The molecule has 0 rings (SSSR count). The van der Waals surface area contributed by atoms with Gasteiger partial charge in [0.05, 0.1) is 0 Å². The van der Waals surface area contributed by atoms with Crippen molar-refractivity contribution in [1.82, 2.24) is 0 Å². The Bertz CT molecular complexity index is 482. The number of rotatable bonds is 34. The molecule has 0 fully saturated rings. The molecule has 0 saturated carbocycles. The zero-order chi connectivity index (χ0) is 31.2. The van der Waals surface area contributed by atoms with Gasteiger partial charge in [0.1, 0.15) is 0 Å². The average Bonchev–Trinajstić information content (AvgIpc) is 2.94. The van der Waals surface area contributed by atoms with Crippen LogP contribution in [-0.4, -0.2) is 27.9 Å². The predicted molar refractivity (Wildman–Crippen MR) is 185 cm³/mol. The Morgan fingerprint density at radius 1 is 0.372 bits per heavy atom. The first kappa shape index (κ1) is 48.5. The van der Waals surface area contributed by atoms with E-state index < -0.39 is 7.82 Å². The van der Waals surface area contributed by atoms with Crippen LogP contribution in [0.4, 0.5) is 0 Å². The normalized spacial score (nSPS) is 11.3. The molecule has 7 heteroatoms. The first-order valence-electron chi connectivity index (χ1n) is 18.8. The first-order chi connectivity index (χ1) is 20.4. The third-order valence-electron chi connectivity index (χ3n) is 8.28. The van der Waals surface area contributed by atoms with Gasteiger partial charge in [0, 0.05) is 13.2 Å². The fourth-order valence-corrected chi connectivity index (χ4v) is 5.61. The molecular weight excluding hydrogens is 566 g/mol. The van der Waals surface area contributed by atoms with Crippen molar-refractivity contribution >= 4 is 7.82 Å². The Kier molecular flexibility index (Phi) is 48.5. The first-order valence-corrected chi connectivity index (χ1v) is 20.3. The van der Waals surface area contributed by atoms with Crippen LogP contribution in [0.25, 0.3) is 0 Å². The van der Waals surface area contributed by atoms with Gasteiger partial charge in [-0.25, -0.2) is 4.57 Å². The van der Waals surface area contributed by atoms with E-state index in [4.69, 9.17) is 24.0 Å². The maximum absolute atomic E-state index is 8.88. The largest absolute Gasteiger partial charge is 1.00 e. The van der Waals surface area contributed by atoms with Crippen LogP contribution in [0.2, 0.25) is 0 Å². The Labute approximate surface area is 293 Å². The molecule has 0 aliphatic carbocycles. The van der Waals surface area contributed by atoms with Gasteiger partial charge in [-0.1, -0.05) is 206 Å². The number of hydrogen-bond donors (Lipinski definition) is 3. The fourth-order valence-electron chi connectivity index (χ4n) is 5.61. The molecule has 0 radical (unpaired) electrons. The maximum atomic E-state index is 8.88. The summed E-state index contributed by atoms with van der Waals surface area (Å²) in [6, 6.07) is 0. The zero-order valence-corrected chi connectivity index (χ0v) is 32.5. The van der Waals surface area contributed by atoms with Crippen LogP contribution < -0.4 is 29.6 Å². The summed E-state index contributed by atoms with van der Waals surface area (Å²) >= 11 is 0. The molecule has 43 heavy (non-hydrogen) atoms. The molecule has 0 amide bonds. The SMILES string of the molecule is CCCCCCCCCCCCCCCCCCOCCCCCCCCCCCCCCCCCC.O=P(O)(O)O.[H-].[Na+]. The van der Waals surface area contributed by atoms with Crippen LogP contribution in [0.15, 0.2) is 0 Å². The summed E-state index contributed by atoms with van der Waals surface area (Å²) in [5.74, 6) is 0. The molecule has 0 spiro atoms. The quantitative estimate of drug-likeness (QED) is 0.0369. The van der Waals surface area contributed by atoms with Crippen molar-refractivity contribution in [1.29, 1.82) is 0 Å². The molecule has 0 aromatic carbocycles. The third kappa shape index (κ3) is 59.1.